The predicted molar refractivity (Wildman–Crippen MR) is 101 cm³/mol. The highest BCUT2D eigenvalue weighted by Gasteiger charge is 2.40. The minimum absolute atomic E-state index is 0.237. The quantitative estimate of drug-likeness (QED) is 0.565. The van der Waals surface area contributed by atoms with Crippen LogP contribution in [0.15, 0.2) is 4.99 Å². The third kappa shape index (κ3) is 5.26. The molecule has 2 fully saturated rings. The van der Waals surface area contributed by atoms with Gasteiger partial charge >= 0.3 is 0 Å². The molecule has 0 aliphatic carbocycles. The number of hydrogen-bond acceptors (Lipinski definition) is 4. The molecule has 2 heterocycles. The van der Waals surface area contributed by atoms with Crippen LogP contribution in [-0.2, 0) is 4.74 Å². The number of nitrogens with one attached hydrogen (secondary N) is 1. The van der Waals surface area contributed by atoms with Gasteiger partial charge in [-0.2, -0.15) is 11.8 Å². The number of ether oxygens (including phenoxy) is 1. The van der Waals surface area contributed by atoms with E-state index in [0.29, 0.717) is 0 Å². The molecule has 0 aromatic carbocycles. The van der Waals surface area contributed by atoms with Crippen molar-refractivity contribution in [2.45, 2.75) is 38.6 Å². The third-order valence-electron chi connectivity index (χ3n) is 4.83. The second kappa shape index (κ2) is 9.74. The smallest absolute Gasteiger partial charge is 0.193 e. The molecule has 0 aromatic heterocycles. The van der Waals surface area contributed by atoms with Gasteiger partial charge in [0.15, 0.2) is 5.96 Å². The van der Waals surface area contributed by atoms with Crippen LogP contribution in [0.1, 0.15) is 33.1 Å². The second-order valence-corrected chi connectivity index (χ2v) is 7.68. The zero-order chi connectivity index (χ0) is 16.5. The molecular weight excluding hydrogens is 308 g/mol. The van der Waals surface area contributed by atoms with Gasteiger partial charge in [-0.1, -0.05) is 13.3 Å². The van der Waals surface area contributed by atoms with Gasteiger partial charge in [0.05, 0.1) is 25.3 Å². The standard InChI is InChI=1S/C17H34N4OS/c1-4-6-8-20(3)16(18-5-2)19-14-17(7-13-23-15-17)21-9-11-22-12-10-21/h4-15H2,1-3H3,(H,18,19). The summed E-state index contributed by atoms with van der Waals surface area (Å²) in [6, 6.07) is 0. The Balaban J connectivity index is 2.04. The molecule has 2 saturated heterocycles. The van der Waals surface area contributed by atoms with Gasteiger partial charge in [-0.3, -0.25) is 9.89 Å². The van der Waals surface area contributed by atoms with E-state index in [1.165, 1.54) is 30.8 Å². The van der Waals surface area contributed by atoms with Crippen LogP contribution in [0.4, 0.5) is 0 Å². The minimum Gasteiger partial charge on any atom is -0.379 e. The molecule has 1 N–H and O–H groups in total. The summed E-state index contributed by atoms with van der Waals surface area (Å²) in [7, 11) is 2.15. The fourth-order valence-corrected chi connectivity index (χ4v) is 4.77. The Labute approximate surface area is 146 Å². The van der Waals surface area contributed by atoms with Crippen LogP contribution in [0.25, 0.3) is 0 Å². The Bertz CT molecular complexity index is 366. The van der Waals surface area contributed by atoms with Crippen molar-refractivity contribution in [2.24, 2.45) is 4.99 Å². The average molecular weight is 343 g/mol. The van der Waals surface area contributed by atoms with Gasteiger partial charge in [0.2, 0.25) is 0 Å². The van der Waals surface area contributed by atoms with Crippen molar-refractivity contribution in [2.75, 3.05) is 64.5 Å². The lowest BCUT2D eigenvalue weighted by molar-refractivity contribution is -0.0105. The molecule has 6 heteroatoms. The molecule has 0 saturated carbocycles. The molecule has 0 aromatic rings. The van der Waals surface area contributed by atoms with Crippen molar-refractivity contribution in [3.05, 3.63) is 0 Å². The van der Waals surface area contributed by atoms with Crippen molar-refractivity contribution in [1.29, 1.82) is 0 Å². The molecular formula is C17H34N4OS. The maximum atomic E-state index is 5.55. The molecule has 2 aliphatic heterocycles. The van der Waals surface area contributed by atoms with Gasteiger partial charge in [0.25, 0.3) is 0 Å². The highest BCUT2D eigenvalue weighted by molar-refractivity contribution is 7.99. The summed E-state index contributed by atoms with van der Waals surface area (Å²) >= 11 is 2.08. The number of morpholine rings is 1. The van der Waals surface area contributed by atoms with Crippen LogP contribution in [-0.4, -0.2) is 85.8 Å². The summed E-state index contributed by atoms with van der Waals surface area (Å²) in [5, 5.41) is 3.46. The number of rotatable bonds is 7. The minimum atomic E-state index is 0.237. The van der Waals surface area contributed by atoms with E-state index in [4.69, 9.17) is 9.73 Å². The highest BCUT2D eigenvalue weighted by Crippen LogP contribution is 2.34. The summed E-state index contributed by atoms with van der Waals surface area (Å²) in [4.78, 5) is 9.95. The summed E-state index contributed by atoms with van der Waals surface area (Å²) in [6.45, 7) is 11.1. The van der Waals surface area contributed by atoms with Crippen molar-refractivity contribution in [1.82, 2.24) is 15.1 Å². The number of nitrogens with zero attached hydrogens (tertiary/aromatic N) is 3. The van der Waals surface area contributed by atoms with E-state index in [-0.39, 0.29) is 5.54 Å². The van der Waals surface area contributed by atoms with Crippen molar-refractivity contribution < 1.29 is 4.74 Å². The van der Waals surface area contributed by atoms with Gasteiger partial charge in [-0.15, -0.1) is 0 Å². The fraction of sp³-hybridized carbons (Fsp3) is 0.941. The van der Waals surface area contributed by atoms with Crippen LogP contribution >= 0.6 is 11.8 Å². The van der Waals surface area contributed by atoms with E-state index in [9.17, 15) is 0 Å². The van der Waals surface area contributed by atoms with E-state index in [1.807, 2.05) is 0 Å². The first-order chi connectivity index (χ1) is 11.2. The summed E-state index contributed by atoms with van der Waals surface area (Å²) in [5.74, 6) is 3.52. The van der Waals surface area contributed by atoms with Crippen LogP contribution in [0.2, 0.25) is 0 Å². The molecule has 0 spiro atoms. The lowest BCUT2D eigenvalue weighted by Gasteiger charge is -2.42. The summed E-state index contributed by atoms with van der Waals surface area (Å²) < 4.78 is 5.55. The van der Waals surface area contributed by atoms with Crippen molar-refractivity contribution in [3.63, 3.8) is 0 Å². The summed E-state index contributed by atoms with van der Waals surface area (Å²) in [6.07, 6.45) is 3.68. The first-order valence-electron chi connectivity index (χ1n) is 9.12. The van der Waals surface area contributed by atoms with Gasteiger partial charge < -0.3 is 15.0 Å². The van der Waals surface area contributed by atoms with Crippen molar-refractivity contribution >= 4 is 17.7 Å². The molecule has 134 valence electrons. The van der Waals surface area contributed by atoms with Gasteiger partial charge in [0.1, 0.15) is 0 Å². The third-order valence-corrected chi connectivity index (χ3v) is 6.07. The molecule has 0 amide bonds. The molecule has 1 atom stereocenters. The summed E-state index contributed by atoms with van der Waals surface area (Å²) in [5.41, 5.74) is 0.237. The first kappa shape index (κ1) is 18.9. The van der Waals surface area contributed by atoms with E-state index in [2.05, 4.69) is 47.8 Å². The fourth-order valence-electron chi connectivity index (χ4n) is 3.30. The Morgan fingerprint density at radius 2 is 2.13 bits per heavy atom. The number of hydrogen-bond donors (Lipinski definition) is 1. The van der Waals surface area contributed by atoms with Gasteiger partial charge in [0, 0.05) is 39.0 Å². The monoisotopic (exact) mass is 342 g/mol. The van der Waals surface area contributed by atoms with E-state index >= 15 is 0 Å². The van der Waals surface area contributed by atoms with Crippen LogP contribution in [0.3, 0.4) is 0 Å². The number of thioether (sulfide) groups is 1. The normalized spacial score (nSPS) is 26.5. The SMILES string of the molecule is CCCCN(C)C(=NCC1(N2CCOCC2)CCSC1)NCC. The number of guanidine groups is 1. The van der Waals surface area contributed by atoms with E-state index in [0.717, 1.165) is 51.9 Å². The van der Waals surface area contributed by atoms with Gasteiger partial charge in [-0.05, 0) is 25.5 Å². The Hall–Kier alpha value is -0.460. The second-order valence-electron chi connectivity index (χ2n) is 6.57. The topological polar surface area (TPSA) is 40.1 Å². The number of unbranched alkanes of at least 4 members (excludes halogenated alkanes) is 1. The van der Waals surface area contributed by atoms with Gasteiger partial charge in [-0.25, -0.2) is 0 Å². The first-order valence-corrected chi connectivity index (χ1v) is 10.3. The molecule has 0 radical (unpaired) electrons. The lowest BCUT2D eigenvalue weighted by atomic mass is 9.96. The zero-order valence-corrected chi connectivity index (χ0v) is 16.0. The Morgan fingerprint density at radius 3 is 2.74 bits per heavy atom. The highest BCUT2D eigenvalue weighted by atomic mass is 32.2. The zero-order valence-electron chi connectivity index (χ0n) is 15.1. The Kier molecular flexibility index (Phi) is 7.99. The molecule has 2 aliphatic rings. The maximum Gasteiger partial charge on any atom is 0.193 e. The largest absolute Gasteiger partial charge is 0.379 e. The van der Waals surface area contributed by atoms with E-state index < -0.39 is 0 Å². The van der Waals surface area contributed by atoms with E-state index in [1.54, 1.807) is 0 Å². The average Bonchev–Trinajstić information content (AvgIpc) is 3.07. The van der Waals surface area contributed by atoms with Crippen LogP contribution in [0.5, 0.6) is 0 Å². The molecule has 0 bridgehead atoms. The van der Waals surface area contributed by atoms with Crippen molar-refractivity contribution in [3.8, 4) is 0 Å². The molecule has 2 rings (SSSR count). The lowest BCUT2D eigenvalue weighted by Crippen LogP contribution is -2.56. The maximum absolute atomic E-state index is 5.55. The molecule has 1 unspecified atom stereocenters. The van der Waals surface area contributed by atoms with Crippen LogP contribution in [0, 0.1) is 0 Å². The molecule has 5 nitrogen and oxygen atoms in total. The number of aliphatic imine (C=N–C) groups is 1. The predicted octanol–water partition coefficient (Wildman–Crippen LogP) is 1.89. The Morgan fingerprint density at radius 1 is 1.35 bits per heavy atom. The van der Waals surface area contributed by atoms with Crippen LogP contribution < -0.4 is 5.32 Å². The molecule has 23 heavy (non-hydrogen) atoms.